The van der Waals surface area contributed by atoms with E-state index >= 15 is 0 Å². The number of halogens is 1. The zero-order valence-corrected chi connectivity index (χ0v) is 11.4. The lowest BCUT2D eigenvalue weighted by Crippen LogP contribution is -2.13. The zero-order chi connectivity index (χ0) is 13.0. The average Bonchev–Trinajstić information content (AvgIpc) is 2.41. The Morgan fingerprint density at radius 3 is 2.50 bits per heavy atom. The molecular formula is C13H8IN3O. The average molecular weight is 349 g/mol. The van der Waals surface area contributed by atoms with E-state index in [-0.39, 0.29) is 11.6 Å². The maximum Gasteiger partial charge on any atom is 0.274 e. The fourth-order valence-corrected chi connectivity index (χ4v) is 1.68. The van der Waals surface area contributed by atoms with Crippen molar-refractivity contribution in [2.24, 2.45) is 0 Å². The summed E-state index contributed by atoms with van der Waals surface area (Å²) in [6.45, 7) is 0. The first-order valence-corrected chi connectivity index (χ1v) is 6.20. The van der Waals surface area contributed by atoms with Gasteiger partial charge in [0, 0.05) is 15.5 Å². The van der Waals surface area contributed by atoms with Gasteiger partial charge in [0.15, 0.2) is 0 Å². The molecule has 0 radical (unpaired) electrons. The summed E-state index contributed by atoms with van der Waals surface area (Å²) in [6, 6.07) is 12.5. The van der Waals surface area contributed by atoms with Gasteiger partial charge in [-0.05, 0) is 59.0 Å². The van der Waals surface area contributed by atoms with Crippen molar-refractivity contribution in [3.63, 3.8) is 0 Å². The van der Waals surface area contributed by atoms with Gasteiger partial charge in [-0.2, -0.15) is 5.26 Å². The molecule has 5 heteroatoms. The molecule has 0 saturated carbocycles. The van der Waals surface area contributed by atoms with E-state index < -0.39 is 0 Å². The van der Waals surface area contributed by atoms with Crippen LogP contribution < -0.4 is 5.32 Å². The van der Waals surface area contributed by atoms with Crippen molar-refractivity contribution >= 4 is 34.2 Å². The van der Waals surface area contributed by atoms with Gasteiger partial charge in [0.1, 0.15) is 11.8 Å². The molecule has 0 unspecified atom stereocenters. The molecular weight excluding hydrogens is 341 g/mol. The van der Waals surface area contributed by atoms with Crippen molar-refractivity contribution in [3.05, 3.63) is 57.4 Å². The van der Waals surface area contributed by atoms with Crippen molar-refractivity contribution in [2.75, 3.05) is 5.32 Å². The lowest BCUT2D eigenvalue weighted by molar-refractivity contribution is 0.102. The number of carbonyl (C=O) groups excluding carboxylic acids is 1. The topological polar surface area (TPSA) is 65.8 Å². The Labute approximate surface area is 118 Å². The summed E-state index contributed by atoms with van der Waals surface area (Å²) < 4.78 is 1.10. The highest BCUT2D eigenvalue weighted by Gasteiger charge is 2.07. The molecule has 88 valence electrons. The van der Waals surface area contributed by atoms with Gasteiger partial charge in [-0.1, -0.05) is 0 Å². The molecule has 1 aromatic carbocycles. The van der Waals surface area contributed by atoms with E-state index in [4.69, 9.17) is 5.26 Å². The zero-order valence-electron chi connectivity index (χ0n) is 9.22. The fraction of sp³-hybridized carbons (Fsp3) is 0. The third-order valence-electron chi connectivity index (χ3n) is 2.23. The third-order valence-corrected chi connectivity index (χ3v) is 2.95. The van der Waals surface area contributed by atoms with Crippen LogP contribution in [0, 0.1) is 14.9 Å². The smallest absolute Gasteiger partial charge is 0.274 e. The van der Waals surface area contributed by atoms with Gasteiger partial charge in [-0.25, -0.2) is 4.98 Å². The molecule has 0 saturated heterocycles. The molecule has 1 aromatic heterocycles. The maximum absolute atomic E-state index is 11.8. The van der Waals surface area contributed by atoms with Crippen LogP contribution in [0.15, 0.2) is 42.6 Å². The van der Waals surface area contributed by atoms with Crippen molar-refractivity contribution in [2.45, 2.75) is 0 Å². The Hall–Kier alpha value is -1.94. The van der Waals surface area contributed by atoms with E-state index in [1.807, 2.05) is 30.3 Å². The molecule has 0 atom stereocenters. The van der Waals surface area contributed by atoms with Crippen molar-refractivity contribution < 1.29 is 4.79 Å². The van der Waals surface area contributed by atoms with E-state index in [0.717, 1.165) is 3.57 Å². The SMILES string of the molecule is N#Cc1ccc(C(=O)Nc2ccc(I)cc2)nc1. The van der Waals surface area contributed by atoms with Crippen LogP contribution in [0.2, 0.25) is 0 Å². The molecule has 2 aromatic rings. The van der Waals surface area contributed by atoms with E-state index in [1.165, 1.54) is 12.3 Å². The number of pyridine rings is 1. The van der Waals surface area contributed by atoms with E-state index in [2.05, 4.69) is 32.9 Å². The molecule has 1 N–H and O–H groups in total. The van der Waals surface area contributed by atoms with Crippen LogP contribution in [0.1, 0.15) is 16.1 Å². The summed E-state index contributed by atoms with van der Waals surface area (Å²) >= 11 is 2.19. The predicted octanol–water partition coefficient (Wildman–Crippen LogP) is 2.81. The predicted molar refractivity (Wildman–Crippen MR) is 76.1 cm³/mol. The molecule has 0 aliphatic carbocycles. The van der Waals surface area contributed by atoms with Crippen LogP contribution in [0.4, 0.5) is 5.69 Å². The first-order valence-electron chi connectivity index (χ1n) is 5.12. The molecule has 0 aliphatic heterocycles. The quantitative estimate of drug-likeness (QED) is 0.848. The highest BCUT2D eigenvalue weighted by atomic mass is 127. The number of hydrogen-bond acceptors (Lipinski definition) is 3. The minimum absolute atomic E-state index is 0.285. The van der Waals surface area contributed by atoms with Crippen molar-refractivity contribution in [1.29, 1.82) is 5.26 Å². The van der Waals surface area contributed by atoms with Crippen LogP contribution in [0.25, 0.3) is 0 Å². The summed E-state index contributed by atoms with van der Waals surface area (Å²) in [5, 5.41) is 11.4. The summed E-state index contributed by atoms with van der Waals surface area (Å²) in [5.41, 5.74) is 1.43. The number of anilines is 1. The number of nitrogens with one attached hydrogen (secondary N) is 1. The second kappa shape index (κ2) is 5.60. The second-order valence-corrected chi connectivity index (χ2v) is 4.75. The van der Waals surface area contributed by atoms with Gasteiger partial charge >= 0.3 is 0 Å². The minimum Gasteiger partial charge on any atom is -0.321 e. The number of aromatic nitrogens is 1. The third kappa shape index (κ3) is 3.05. The standard InChI is InChI=1S/C13H8IN3O/c14-10-2-4-11(5-3-10)17-13(18)12-6-1-9(7-15)8-16-12/h1-6,8H,(H,17,18). The Morgan fingerprint density at radius 2 is 1.94 bits per heavy atom. The van der Waals surface area contributed by atoms with Crippen molar-refractivity contribution in [1.82, 2.24) is 4.98 Å². The van der Waals surface area contributed by atoms with Crippen LogP contribution >= 0.6 is 22.6 Å². The van der Waals surface area contributed by atoms with Crippen LogP contribution in [0.3, 0.4) is 0 Å². The second-order valence-electron chi connectivity index (χ2n) is 3.50. The molecule has 4 nitrogen and oxygen atoms in total. The first-order chi connectivity index (χ1) is 8.69. The number of nitrogens with zero attached hydrogens (tertiary/aromatic N) is 2. The van der Waals surface area contributed by atoms with E-state index in [1.54, 1.807) is 6.07 Å². The molecule has 1 heterocycles. The van der Waals surface area contributed by atoms with Gasteiger partial charge in [-0.15, -0.1) is 0 Å². The van der Waals surface area contributed by atoms with Gasteiger partial charge in [0.05, 0.1) is 5.56 Å². The van der Waals surface area contributed by atoms with E-state index in [9.17, 15) is 4.79 Å². The number of carbonyl (C=O) groups is 1. The molecule has 0 bridgehead atoms. The lowest BCUT2D eigenvalue weighted by atomic mass is 10.2. The normalized spacial score (nSPS) is 9.56. The number of nitriles is 1. The van der Waals surface area contributed by atoms with Crippen LogP contribution in [-0.2, 0) is 0 Å². The van der Waals surface area contributed by atoms with Gasteiger partial charge in [-0.3, -0.25) is 4.79 Å². The Balaban J connectivity index is 2.12. The summed E-state index contributed by atoms with van der Waals surface area (Å²) in [7, 11) is 0. The van der Waals surface area contributed by atoms with Crippen LogP contribution in [-0.4, -0.2) is 10.9 Å². The molecule has 1 amide bonds. The largest absolute Gasteiger partial charge is 0.321 e. The number of benzene rings is 1. The Morgan fingerprint density at radius 1 is 1.22 bits per heavy atom. The van der Waals surface area contributed by atoms with Gasteiger partial charge in [0.2, 0.25) is 0 Å². The number of hydrogen-bond donors (Lipinski definition) is 1. The summed E-state index contributed by atoms with van der Waals surface area (Å²) in [4.78, 5) is 15.8. The number of rotatable bonds is 2. The van der Waals surface area contributed by atoms with Gasteiger partial charge in [0.25, 0.3) is 5.91 Å². The lowest BCUT2D eigenvalue weighted by Gasteiger charge is -2.04. The molecule has 18 heavy (non-hydrogen) atoms. The summed E-state index contributed by atoms with van der Waals surface area (Å²) in [6.07, 6.45) is 1.38. The molecule has 0 fully saturated rings. The highest BCUT2D eigenvalue weighted by molar-refractivity contribution is 14.1. The maximum atomic E-state index is 11.8. The molecule has 0 spiro atoms. The van der Waals surface area contributed by atoms with Crippen LogP contribution in [0.5, 0.6) is 0 Å². The molecule has 2 rings (SSSR count). The molecule has 0 aliphatic rings. The van der Waals surface area contributed by atoms with E-state index in [0.29, 0.717) is 11.3 Å². The Bertz CT molecular complexity index is 600. The van der Waals surface area contributed by atoms with Crippen molar-refractivity contribution in [3.8, 4) is 6.07 Å². The van der Waals surface area contributed by atoms with Gasteiger partial charge < -0.3 is 5.32 Å². The monoisotopic (exact) mass is 349 g/mol. The summed E-state index contributed by atoms with van der Waals surface area (Å²) in [5.74, 6) is -0.291. The Kier molecular flexibility index (Phi) is 3.89. The fourth-order valence-electron chi connectivity index (χ4n) is 1.32. The minimum atomic E-state index is -0.291. The first kappa shape index (κ1) is 12.5. The number of amides is 1. The highest BCUT2D eigenvalue weighted by Crippen LogP contribution is 2.12.